The SMILES string of the molecule is COC(=O)c1ccc2nc(-c3ccc(OCc4cccc(C(=O)OC(C)(C)C)c4)cc3F)[nH]c2c1. The molecule has 35 heavy (non-hydrogen) atoms. The summed E-state index contributed by atoms with van der Waals surface area (Å²) >= 11 is 0. The van der Waals surface area contributed by atoms with Gasteiger partial charge in [0, 0.05) is 6.07 Å². The van der Waals surface area contributed by atoms with Crippen LogP contribution in [0.25, 0.3) is 22.4 Å². The third kappa shape index (κ3) is 5.66. The van der Waals surface area contributed by atoms with Gasteiger partial charge in [0.15, 0.2) is 0 Å². The van der Waals surface area contributed by atoms with Gasteiger partial charge in [0.2, 0.25) is 0 Å². The molecule has 7 nitrogen and oxygen atoms in total. The smallest absolute Gasteiger partial charge is 0.338 e. The number of carbonyl (C=O) groups excluding carboxylic acids is 2. The molecule has 0 radical (unpaired) electrons. The first-order valence-electron chi connectivity index (χ1n) is 11.0. The van der Waals surface area contributed by atoms with E-state index < -0.39 is 23.4 Å². The van der Waals surface area contributed by atoms with Gasteiger partial charge in [-0.05, 0) is 68.8 Å². The maximum absolute atomic E-state index is 14.9. The molecular formula is C27H25FN2O5. The summed E-state index contributed by atoms with van der Waals surface area (Å²) in [6.07, 6.45) is 0. The summed E-state index contributed by atoms with van der Waals surface area (Å²) in [5, 5.41) is 0. The fourth-order valence-corrected chi connectivity index (χ4v) is 3.45. The van der Waals surface area contributed by atoms with Crippen LogP contribution in [0.15, 0.2) is 60.7 Å². The summed E-state index contributed by atoms with van der Waals surface area (Å²) in [5.74, 6) is -0.738. The quantitative estimate of drug-likeness (QED) is 0.360. The lowest BCUT2D eigenvalue weighted by Crippen LogP contribution is -2.23. The van der Waals surface area contributed by atoms with E-state index in [4.69, 9.17) is 14.2 Å². The van der Waals surface area contributed by atoms with E-state index in [0.717, 1.165) is 5.56 Å². The Labute approximate surface area is 201 Å². The van der Waals surface area contributed by atoms with Crippen molar-refractivity contribution in [3.05, 3.63) is 83.2 Å². The largest absolute Gasteiger partial charge is 0.489 e. The number of esters is 2. The molecular weight excluding hydrogens is 451 g/mol. The molecule has 0 bridgehead atoms. The molecule has 3 aromatic carbocycles. The maximum atomic E-state index is 14.9. The van der Waals surface area contributed by atoms with Crippen molar-refractivity contribution >= 4 is 23.0 Å². The number of rotatable bonds is 6. The van der Waals surface area contributed by atoms with Gasteiger partial charge in [-0.15, -0.1) is 0 Å². The second kappa shape index (κ2) is 9.58. The number of imidazole rings is 1. The summed E-state index contributed by atoms with van der Waals surface area (Å²) in [5.41, 5.74) is 2.39. The number of H-pyrrole nitrogens is 1. The standard InChI is InChI=1S/C27H25FN2O5/c1-27(2,3)35-26(32)17-7-5-6-16(12-17)15-34-19-9-10-20(21(28)14-19)24-29-22-11-8-18(25(31)33-4)13-23(22)30-24/h5-14H,15H2,1-4H3,(H,29,30). The van der Waals surface area contributed by atoms with Crippen LogP contribution in [-0.2, 0) is 16.1 Å². The molecule has 4 rings (SSSR count). The molecule has 0 fully saturated rings. The van der Waals surface area contributed by atoms with E-state index in [1.807, 2.05) is 6.07 Å². The van der Waals surface area contributed by atoms with Crippen molar-refractivity contribution in [1.82, 2.24) is 9.97 Å². The Morgan fingerprint density at radius 2 is 1.74 bits per heavy atom. The Bertz CT molecular complexity index is 1400. The molecule has 8 heteroatoms. The first-order valence-corrected chi connectivity index (χ1v) is 11.0. The first kappa shape index (κ1) is 23.9. The van der Waals surface area contributed by atoms with Crippen LogP contribution >= 0.6 is 0 Å². The lowest BCUT2D eigenvalue weighted by atomic mass is 10.1. The lowest BCUT2D eigenvalue weighted by Gasteiger charge is -2.19. The number of nitrogens with one attached hydrogen (secondary N) is 1. The van der Waals surface area contributed by atoms with Crippen molar-refractivity contribution in [3.63, 3.8) is 0 Å². The highest BCUT2D eigenvalue weighted by Crippen LogP contribution is 2.27. The zero-order valence-electron chi connectivity index (χ0n) is 19.8. The molecule has 0 atom stereocenters. The van der Waals surface area contributed by atoms with Gasteiger partial charge in [0.25, 0.3) is 0 Å². The average molecular weight is 477 g/mol. The van der Waals surface area contributed by atoms with Gasteiger partial charge >= 0.3 is 11.9 Å². The van der Waals surface area contributed by atoms with Gasteiger partial charge in [-0.25, -0.2) is 19.0 Å². The molecule has 0 unspecified atom stereocenters. The predicted octanol–water partition coefficient (Wildman–Crippen LogP) is 5.69. The van der Waals surface area contributed by atoms with E-state index in [2.05, 4.69) is 9.97 Å². The van der Waals surface area contributed by atoms with Crippen LogP contribution in [0.2, 0.25) is 0 Å². The number of hydrogen-bond acceptors (Lipinski definition) is 6. The summed E-state index contributed by atoms with van der Waals surface area (Å²) < 4.78 is 30.8. The number of methoxy groups -OCH3 is 1. The second-order valence-corrected chi connectivity index (χ2v) is 8.94. The minimum Gasteiger partial charge on any atom is -0.489 e. The zero-order valence-corrected chi connectivity index (χ0v) is 19.8. The van der Waals surface area contributed by atoms with E-state index >= 15 is 0 Å². The van der Waals surface area contributed by atoms with Gasteiger partial charge in [-0.2, -0.15) is 0 Å². The van der Waals surface area contributed by atoms with E-state index in [9.17, 15) is 14.0 Å². The van der Waals surface area contributed by atoms with E-state index in [0.29, 0.717) is 33.7 Å². The minimum absolute atomic E-state index is 0.149. The Balaban J connectivity index is 1.48. The van der Waals surface area contributed by atoms with Gasteiger partial charge < -0.3 is 19.2 Å². The van der Waals surface area contributed by atoms with Gasteiger partial charge in [0.05, 0.1) is 34.8 Å². The Kier molecular flexibility index (Phi) is 6.55. The average Bonchev–Trinajstić information content (AvgIpc) is 3.24. The van der Waals surface area contributed by atoms with Crippen molar-refractivity contribution < 1.29 is 28.2 Å². The zero-order chi connectivity index (χ0) is 25.2. The van der Waals surface area contributed by atoms with Crippen LogP contribution in [0.5, 0.6) is 5.75 Å². The number of fused-ring (bicyclic) bond motifs is 1. The lowest BCUT2D eigenvalue weighted by molar-refractivity contribution is 0.00691. The number of hydrogen-bond donors (Lipinski definition) is 1. The Hall–Kier alpha value is -4.20. The number of benzene rings is 3. The number of ether oxygens (including phenoxy) is 3. The summed E-state index contributed by atoms with van der Waals surface area (Å²) in [4.78, 5) is 31.5. The molecule has 0 aliphatic carbocycles. The fraction of sp³-hybridized carbons (Fsp3) is 0.222. The highest BCUT2D eigenvalue weighted by atomic mass is 19.1. The van der Waals surface area contributed by atoms with E-state index in [1.54, 1.807) is 69.3 Å². The van der Waals surface area contributed by atoms with Crippen LogP contribution in [0.1, 0.15) is 47.1 Å². The van der Waals surface area contributed by atoms with Crippen LogP contribution in [0.4, 0.5) is 4.39 Å². The second-order valence-electron chi connectivity index (χ2n) is 8.94. The third-order valence-corrected chi connectivity index (χ3v) is 5.07. The van der Waals surface area contributed by atoms with Crippen molar-refractivity contribution in [3.8, 4) is 17.1 Å². The number of nitrogens with zero attached hydrogens (tertiary/aromatic N) is 1. The van der Waals surface area contributed by atoms with Crippen LogP contribution in [0.3, 0.4) is 0 Å². The van der Waals surface area contributed by atoms with E-state index in [1.165, 1.54) is 13.2 Å². The summed E-state index contributed by atoms with van der Waals surface area (Å²) in [6.45, 7) is 5.57. The molecule has 0 spiro atoms. The van der Waals surface area contributed by atoms with Crippen molar-refractivity contribution in [2.45, 2.75) is 33.0 Å². The minimum atomic E-state index is -0.591. The molecule has 1 heterocycles. The van der Waals surface area contributed by atoms with Crippen molar-refractivity contribution in [1.29, 1.82) is 0 Å². The number of aromatic amines is 1. The van der Waals surface area contributed by atoms with Gasteiger partial charge in [-0.3, -0.25) is 0 Å². The molecule has 0 amide bonds. The number of aromatic nitrogens is 2. The number of halogens is 1. The first-order chi connectivity index (χ1) is 16.6. The van der Waals surface area contributed by atoms with Crippen LogP contribution in [0, 0.1) is 5.82 Å². The monoisotopic (exact) mass is 476 g/mol. The van der Waals surface area contributed by atoms with Gasteiger partial charge in [-0.1, -0.05) is 12.1 Å². The Morgan fingerprint density at radius 3 is 2.46 bits per heavy atom. The highest BCUT2D eigenvalue weighted by molar-refractivity contribution is 5.94. The summed E-state index contributed by atoms with van der Waals surface area (Å²) in [6, 6.07) is 16.3. The Morgan fingerprint density at radius 1 is 0.971 bits per heavy atom. The number of carbonyl (C=O) groups is 2. The normalized spacial score (nSPS) is 11.3. The van der Waals surface area contributed by atoms with E-state index in [-0.39, 0.29) is 12.2 Å². The topological polar surface area (TPSA) is 90.5 Å². The molecule has 180 valence electrons. The van der Waals surface area contributed by atoms with Gasteiger partial charge in [0.1, 0.15) is 29.6 Å². The maximum Gasteiger partial charge on any atom is 0.338 e. The summed E-state index contributed by atoms with van der Waals surface area (Å²) in [7, 11) is 1.31. The third-order valence-electron chi connectivity index (χ3n) is 5.07. The van der Waals surface area contributed by atoms with Crippen LogP contribution < -0.4 is 4.74 Å². The van der Waals surface area contributed by atoms with Crippen molar-refractivity contribution in [2.24, 2.45) is 0 Å². The molecule has 0 saturated heterocycles. The molecule has 0 saturated carbocycles. The van der Waals surface area contributed by atoms with Crippen molar-refractivity contribution in [2.75, 3.05) is 7.11 Å². The molecule has 1 aromatic heterocycles. The molecule has 1 N–H and O–H groups in total. The highest BCUT2D eigenvalue weighted by Gasteiger charge is 2.18. The predicted molar refractivity (Wildman–Crippen MR) is 129 cm³/mol. The molecule has 0 aliphatic rings. The fourth-order valence-electron chi connectivity index (χ4n) is 3.45. The molecule has 4 aromatic rings. The van der Waals surface area contributed by atoms with Crippen LogP contribution in [-0.4, -0.2) is 34.6 Å². The molecule has 0 aliphatic heterocycles.